The smallest absolute Gasteiger partial charge is 0.220 e. The van der Waals surface area contributed by atoms with Crippen molar-refractivity contribution in [1.82, 2.24) is 5.32 Å². The van der Waals surface area contributed by atoms with Crippen LogP contribution >= 0.6 is 0 Å². The van der Waals surface area contributed by atoms with Gasteiger partial charge in [-0.1, -0.05) is 108 Å². The van der Waals surface area contributed by atoms with Crippen molar-refractivity contribution < 1.29 is 9.59 Å². The Labute approximate surface area is 172 Å². The number of ketones is 1. The molecule has 1 rings (SSSR count). The molecule has 0 unspecified atom stereocenters. The zero-order chi connectivity index (χ0) is 20.5. The van der Waals surface area contributed by atoms with Crippen LogP contribution in [0.25, 0.3) is 0 Å². The molecule has 0 bridgehead atoms. The molecule has 1 aromatic rings. The van der Waals surface area contributed by atoms with Gasteiger partial charge in [-0.05, 0) is 18.4 Å². The third kappa shape index (κ3) is 11.3. The molecule has 0 aliphatic carbocycles. The first-order chi connectivity index (χ1) is 13.7. The number of rotatable bonds is 17. The first kappa shape index (κ1) is 24.4. The second-order valence-corrected chi connectivity index (χ2v) is 7.91. The summed E-state index contributed by atoms with van der Waals surface area (Å²) >= 11 is 0. The second kappa shape index (κ2) is 16.3. The van der Waals surface area contributed by atoms with Gasteiger partial charge in [-0.15, -0.1) is 0 Å². The molecule has 0 radical (unpaired) electrons. The molecular weight excluding hydrogens is 346 g/mol. The second-order valence-electron chi connectivity index (χ2n) is 7.91. The molecule has 0 heterocycles. The van der Waals surface area contributed by atoms with Gasteiger partial charge in [-0.25, -0.2) is 0 Å². The van der Waals surface area contributed by atoms with Crippen LogP contribution in [0.3, 0.4) is 0 Å². The van der Waals surface area contributed by atoms with Crippen LogP contribution in [0.2, 0.25) is 0 Å². The molecule has 1 amide bonds. The van der Waals surface area contributed by atoms with Gasteiger partial charge in [-0.2, -0.15) is 0 Å². The zero-order valence-electron chi connectivity index (χ0n) is 18.2. The van der Waals surface area contributed by atoms with E-state index in [1.165, 1.54) is 51.4 Å². The number of hydrogen-bond donors (Lipinski definition) is 1. The molecule has 3 nitrogen and oxygen atoms in total. The van der Waals surface area contributed by atoms with E-state index in [4.69, 9.17) is 0 Å². The van der Waals surface area contributed by atoms with Gasteiger partial charge >= 0.3 is 0 Å². The molecule has 1 N–H and O–H groups in total. The van der Waals surface area contributed by atoms with Crippen molar-refractivity contribution in [2.45, 2.75) is 110 Å². The first-order valence-electron chi connectivity index (χ1n) is 11.6. The Hall–Kier alpha value is -1.64. The van der Waals surface area contributed by atoms with Crippen molar-refractivity contribution in [3.05, 3.63) is 35.9 Å². The summed E-state index contributed by atoms with van der Waals surface area (Å²) in [6.45, 7) is 4.42. The van der Waals surface area contributed by atoms with Gasteiger partial charge in [0, 0.05) is 12.8 Å². The monoisotopic (exact) mass is 387 g/mol. The van der Waals surface area contributed by atoms with Crippen molar-refractivity contribution >= 4 is 11.7 Å². The van der Waals surface area contributed by atoms with Gasteiger partial charge in [-0.3, -0.25) is 9.59 Å². The lowest BCUT2D eigenvalue weighted by molar-refractivity contribution is -0.128. The number of unbranched alkanes of at least 4 members (excludes halogenated alkanes) is 10. The van der Waals surface area contributed by atoms with E-state index in [1.807, 2.05) is 30.3 Å². The van der Waals surface area contributed by atoms with Gasteiger partial charge < -0.3 is 5.32 Å². The summed E-state index contributed by atoms with van der Waals surface area (Å²) in [6.07, 6.45) is 15.0. The average Bonchev–Trinajstić information content (AvgIpc) is 2.72. The van der Waals surface area contributed by atoms with E-state index in [0.29, 0.717) is 12.8 Å². The molecule has 0 aliphatic rings. The maximum absolute atomic E-state index is 12.8. The molecule has 0 aliphatic heterocycles. The maximum atomic E-state index is 12.8. The van der Waals surface area contributed by atoms with E-state index >= 15 is 0 Å². The predicted molar refractivity (Wildman–Crippen MR) is 118 cm³/mol. The van der Waals surface area contributed by atoms with Crippen molar-refractivity contribution in [2.24, 2.45) is 0 Å². The maximum Gasteiger partial charge on any atom is 0.220 e. The van der Waals surface area contributed by atoms with Crippen LogP contribution in [0.5, 0.6) is 0 Å². The highest BCUT2D eigenvalue weighted by molar-refractivity contribution is 5.90. The fraction of sp³-hybridized carbons (Fsp3) is 0.680. The van der Waals surface area contributed by atoms with Gasteiger partial charge in [0.05, 0.1) is 0 Å². The van der Waals surface area contributed by atoms with Crippen LogP contribution in [-0.2, 0) is 9.59 Å². The molecule has 3 heteroatoms. The number of carbonyl (C=O) groups is 2. The highest BCUT2D eigenvalue weighted by atomic mass is 16.2. The van der Waals surface area contributed by atoms with Crippen LogP contribution in [0.1, 0.15) is 115 Å². The van der Waals surface area contributed by atoms with Crippen LogP contribution in [0, 0.1) is 0 Å². The summed E-state index contributed by atoms with van der Waals surface area (Å²) in [5, 5.41) is 3.01. The van der Waals surface area contributed by atoms with E-state index in [9.17, 15) is 9.59 Å². The van der Waals surface area contributed by atoms with Crippen molar-refractivity contribution in [2.75, 3.05) is 0 Å². The fourth-order valence-corrected chi connectivity index (χ4v) is 3.52. The molecule has 0 saturated carbocycles. The normalized spacial score (nSPS) is 11.9. The van der Waals surface area contributed by atoms with Crippen LogP contribution in [-0.4, -0.2) is 11.7 Å². The van der Waals surface area contributed by atoms with Gasteiger partial charge in [0.15, 0.2) is 5.78 Å². The Bertz CT molecular complexity index is 527. The molecule has 1 aromatic carbocycles. The third-order valence-corrected chi connectivity index (χ3v) is 5.29. The number of hydrogen-bond acceptors (Lipinski definition) is 2. The number of nitrogens with one attached hydrogen (secondary N) is 1. The summed E-state index contributed by atoms with van der Waals surface area (Å²) in [7, 11) is 0. The van der Waals surface area contributed by atoms with E-state index in [-0.39, 0.29) is 11.7 Å². The number of carbonyl (C=O) groups excluding carboxylic acids is 2. The van der Waals surface area contributed by atoms with Crippen LogP contribution < -0.4 is 5.32 Å². The van der Waals surface area contributed by atoms with Crippen molar-refractivity contribution in [3.8, 4) is 0 Å². The summed E-state index contributed by atoms with van der Waals surface area (Å²) in [6, 6.07) is 9.19. The van der Waals surface area contributed by atoms with E-state index in [1.54, 1.807) is 0 Å². The van der Waals surface area contributed by atoms with E-state index in [2.05, 4.69) is 19.2 Å². The molecule has 0 spiro atoms. The Balaban J connectivity index is 2.45. The summed E-state index contributed by atoms with van der Waals surface area (Å²) in [4.78, 5) is 25.2. The first-order valence-corrected chi connectivity index (χ1v) is 11.6. The Morgan fingerprint density at radius 2 is 1.21 bits per heavy atom. The molecular formula is C25H41NO2. The van der Waals surface area contributed by atoms with Crippen LogP contribution in [0.4, 0.5) is 0 Å². The number of amides is 1. The molecule has 0 fully saturated rings. The van der Waals surface area contributed by atoms with E-state index < -0.39 is 6.04 Å². The predicted octanol–water partition coefficient (Wildman–Crippen LogP) is 6.91. The van der Waals surface area contributed by atoms with Crippen molar-refractivity contribution in [1.29, 1.82) is 0 Å². The number of Topliss-reactive ketones (excluding diaryl/α,β-unsaturated/α-hetero) is 1. The SMILES string of the molecule is CCCCCCCCC(=O)N[C@H](C(=O)CCCCCCCC)c1ccccc1. The highest BCUT2D eigenvalue weighted by Gasteiger charge is 2.21. The Morgan fingerprint density at radius 3 is 1.79 bits per heavy atom. The minimum absolute atomic E-state index is 0.000593. The minimum Gasteiger partial charge on any atom is -0.342 e. The quantitative estimate of drug-likeness (QED) is 0.295. The minimum atomic E-state index is -0.496. The Kier molecular flexibility index (Phi) is 14.2. The summed E-state index contributed by atoms with van der Waals surface area (Å²) in [5.41, 5.74) is 0.898. The standard InChI is InChI=1S/C25H41NO2/c1-3-5-7-9-11-16-20-23(27)25(22-18-14-13-15-19-22)26-24(28)21-17-12-10-8-6-4-2/h13-15,18-19,25H,3-12,16-17,20-21H2,1-2H3,(H,26,28)/t25-/m0/s1. The molecule has 158 valence electrons. The largest absolute Gasteiger partial charge is 0.342 e. The average molecular weight is 388 g/mol. The Morgan fingerprint density at radius 1 is 0.714 bits per heavy atom. The third-order valence-electron chi connectivity index (χ3n) is 5.29. The van der Waals surface area contributed by atoms with Crippen molar-refractivity contribution in [3.63, 3.8) is 0 Å². The van der Waals surface area contributed by atoms with Gasteiger partial charge in [0.1, 0.15) is 6.04 Å². The topological polar surface area (TPSA) is 46.2 Å². The summed E-state index contributed by atoms with van der Waals surface area (Å²) in [5.74, 6) is 0.138. The van der Waals surface area contributed by atoms with Crippen LogP contribution in [0.15, 0.2) is 30.3 Å². The lowest BCUT2D eigenvalue weighted by Crippen LogP contribution is -2.33. The molecule has 1 atom stereocenters. The lowest BCUT2D eigenvalue weighted by Gasteiger charge is -2.18. The molecule has 28 heavy (non-hydrogen) atoms. The highest BCUT2D eigenvalue weighted by Crippen LogP contribution is 2.18. The number of benzene rings is 1. The zero-order valence-corrected chi connectivity index (χ0v) is 18.2. The summed E-state index contributed by atoms with van der Waals surface area (Å²) < 4.78 is 0. The lowest BCUT2D eigenvalue weighted by atomic mass is 9.97. The molecule has 0 saturated heterocycles. The molecule has 0 aromatic heterocycles. The van der Waals surface area contributed by atoms with E-state index in [0.717, 1.165) is 31.2 Å². The van der Waals surface area contributed by atoms with Gasteiger partial charge in [0.2, 0.25) is 5.91 Å². The van der Waals surface area contributed by atoms with Gasteiger partial charge in [0.25, 0.3) is 0 Å². The fourth-order valence-electron chi connectivity index (χ4n) is 3.52.